The first-order valence-corrected chi connectivity index (χ1v) is 14.2. The summed E-state index contributed by atoms with van der Waals surface area (Å²) in [5.74, 6) is 0. The number of hydrogen-bond donors (Lipinski definition) is 0. The van der Waals surface area contributed by atoms with Crippen molar-refractivity contribution in [3.63, 3.8) is 0 Å². The Morgan fingerprint density at radius 3 is 1.67 bits per heavy atom. The summed E-state index contributed by atoms with van der Waals surface area (Å²) in [6.07, 6.45) is 0. The summed E-state index contributed by atoms with van der Waals surface area (Å²) in [5, 5.41) is 1.79. The van der Waals surface area contributed by atoms with E-state index in [0.29, 0.717) is 32.7 Å². The molecule has 1 heteroatoms. The first-order valence-electron chi connectivity index (χ1n) is 21.7. The van der Waals surface area contributed by atoms with Gasteiger partial charge in [0.05, 0.1) is 20.6 Å². The van der Waals surface area contributed by atoms with Crippen LogP contribution in [0.2, 0.25) is 0 Å². The lowest BCUT2D eigenvalue weighted by Crippen LogP contribution is -1.92. The van der Waals surface area contributed by atoms with Crippen molar-refractivity contribution in [2.45, 2.75) is 0 Å². The van der Waals surface area contributed by atoms with E-state index in [1.165, 1.54) is 0 Å². The van der Waals surface area contributed by atoms with Gasteiger partial charge in [-0.25, -0.2) is 0 Å². The number of furan rings is 1. The summed E-state index contributed by atoms with van der Waals surface area (Å²) in [7, 11) is 0. The van der Waals surface area contributed by atoms with Crippen molar-refractivity contribution in [3.8, 4) is 44.5 Å². The Morgan fingerprint density at radius 1 is 0.378 bits per heavy atom. The van der Waals surface area contributed by atoms with Crippen molar-refractivity contribution in [2.24, 2.45) is 0 Å². The summed E-state index contributed by atoms with van der Waals surface area (Å²) in [5.41, 5.74) is 0.450. The van der Waals surface area contributed by atoms with Crippen LogP contribution in [0.1, 0.15) is 20.6 Å². The molecule has 8 aromatic carbocycles. The van der Waals surface area contributed by atoms with Crippen LogP contribution in [0.15, 0.2) is 174 Å². The Labute approximate surface area is 282 Å². The fraction of sp³-hybridized carbons (Fsp3) is 0. The van der Waals surface area contributed by atoms with Crippen LogP contribution in [0.4, 0.5) is 0 Å². The van der Waals surface area contributed by atoms with Gasteiger partial charge in [0, 0.05) is 16.3 Å². The molecular formula is C44H28O. The molecule has 0 atom stereocenters. The zero-order valence-corrected chi connectivity index (χ0v) is 23.4. The van der Waals surface area contributed by atoms with Gasteiger partial charge >= 0.3 is 0 Å². The average molecular weight is 588 g/mol. The summed E-state index contributed by atoms with van der Waals surface area (Å²) >= 11 is 0. The summed E-state index contributed by atoms with van der Waals surface area (Å²) in [4.78, 5) is 0. The SMILES string of the molecule is [2H]c1c([2H])c([2H])c(-c2c([2H])c([2H])c([2H])c(-c3c4ccccc4c(-c4c([2H])c(-c5ccccc5)c5oc6c([2H])c([2H])c([2H])c([2H])c6c5c4[2H])c4ccccc34)c2[2H])c([2H])c1[2H]. The molecule has 0 amide bonds. The minimum atomic E-state index is -0.682. The van der Waals surface area contributed by atoms with Crippen molar-refractivity contribution in [1.82, 2.24) is 0 Å². The van der Waals surface area contributed by atoms with E-state index in [0.717, 1.165) is 0 Å². The molecule has 45 heavy (non-hydrogen) atoms. The van der Waals surface area contributed by atoms with Crippen molar-refractivity contribution in [1.29, 1.82) is 0 Å². The van der Waals surface area contributed by atoms with Crippen molar-refractivity contribution >= 4 is 43.5 Å². The molecule has 0 aliphatic carbocycles. The molecular weight excluding hydrogens is 544 g/mol. The fourth-order valence-electron chi connectivity index (χ4n) is 6.02. The van der Waals surface area contributed by atoms with Crippen LogP contribution in [0, 0.1) is 0 Å². The Balaban J connectivity index is 1.48. The molecule has 1 nitrogen and oxygen atoms in total. The predicted molar refractivity (Wildman–Crippen MR) is 190 cm³/mol. The molecule has 0 saturated heterocycles. The minimum Gasteiger partial charge on any atom is -0.455 e. The van der Waals surface area contributed by atoms with Crippen LogP contribution in [-0.2, 0) is 0 Å². The number of fused-ring (bicyclic) bond motifs is 5. The molecule has 0 spiro atoms. The van der Waals surface area contributed by atoms with E-state index in [-0.39, 0.29) is 56.3 Å². The molecule has 0 radical (unpaired) electrons. The van der Waals surface area contributed by atoms with E-state index in [1.54, 1.807) is 78.9 Å². The van der Waals surface area contributed by atoms with Gasteiger partial charge in [-0.3, -0.25) is 0 Å². The molecule has 1 aromatic heterocycles. The molecule has 0 unspecified atom stereocenters. The third-order valence-electron chi connectivity index (χ3n) is 7.93. The average Bonchev–Trinajstić information content (AvgIpc) is 3.65. The van der Waals surface area contributed by atoms with E-state index in [2.05, 4.69) is 0 Å². The van der Waals surface area contributed by atoms with Gasteiger partial charge in [0.2, 0.25) is 0 Å². The third-order valence-corrected chi connectivity index (χ3v) is 7.93. The van der Waals surface area contributed by atoms with Gasteiger partial charge < -0.3 is 4.42 Å². The Bertz CT molecular complexity index is 3290. The molecule has 0 aliphatic rings. The monoisotopic (exact) mass is 587 g/mol. The second-order valence-electron chi connectivity index (χ2n) is 10.5. The summed E-state index contributed by atoms with van der Waals surface area (Å²) < 4.78 is 139. The zero-order chi connectivity index (χ0) is 42.8. The van der Waals surface area contributed by atoms with E-state index in [1.807, 2.05) is 0 Å². The van der Waals surface area contributed by atoms with Crippen LogP contribution in [0.5, 0.6) is 0 Å². The lowest BCUT2D eigenvalue weighted by Gasteiger charge is -2.19. The van der Waals surface area contributed by atoms with Crippen LogP contribution in [-0.4, -0.2) is 0 Å². The van der Waals surface area contributed by atoms with E-state index in [4.69, 9.17) is 19.5 Å². The Hall–Kier alpha value is -5.92. The van der Waals surface area contributed by atoms with Crippen LogP contribution >= 0.6 is 0 Å². The highest BCUT2D eigenvalue weighted by molar-refractivity contribution is 6.23. The Morgan fingerprint density at radius 2 is 0.956 bits per heavy atom. The van der Waals surface area contributed by atoms with Crippen molar-refractivity contribution in [3.05, 3.63) is 169 Å². The number of rotatable bonds is 4. The van der Waals surface area contributed by atoms with Crippen LogP contribution in [0.3, 0.4) is 0 Å². The maximum atomic E-state index is 9.88. The lowest BCUT2D eigenvalue weighted by atomic mass is 9.84. The van der Waals surface area contributed by atoms with Crippen molar-refractivity contribution in [2.75, 3.05) is 0 Å². The number of para-hydroxylation sites is 1. The Kier molecular flexibility index (Phi) is 3.39. The van der Waals surface area contributed by atoms with Crippen LogP contribution in [0.25, 0.3) is 88.0 Å². The lowest BCUT2D eigenvalue weighted by molar-refractivity contribution is 0.670. The largest absolute Gasteiger partial charge is 0.455 e. The standard InChI is InChI=1S/C44H28O/c1-3-14-29(15-4-1)31-18-13-19-32(26-31)42-35-21-7-9-23-37(35)43(38-24-10-8-22-36(38)42)33-27-39(30-16-5-2-6-17-30)44-40(28-33)34-20-11-12-25-41(34)45-44/h1-28H/i1D,3D,4D,11D,12D,13D,14D,15D,18D,19D,20D,25D,26D,27D,28D. The van der Waals surface area contributed by atoms with Gasteiger partial charge in [-0.15, -0.1) is 0 Å². The van der Waals surface area contributed by atoms with E-state index >= 15 is 0 Å². The highest BCUT2D eigenvalue weighted by atomic mass is 16.3. The van der Waals surface area contributed by atoms with Gasteiger partial charge in [0.15, 0.2) is 0 Å². The molecule has 9 aromatic rings. The molecule has 0 bridgehead atoms. The van der Waals surface area contributed by atoms with Gasteiger partial charge in [-0.1, -0.05) is 145 Å². The maximum absolute atomic E-state index is 9.88. The van der Waals surface area contributed by atoms with Crippen LogP contribution < -0.4 is 0 Å². The first-order chi connectivity index (χ1) is 28.6. The van der Waals surface area contributed by atoms with E-state index in [9.17, 15) is 5.48 Å². The molecule has 0 saturated carbocycles. The predicted octanol–water partition coefficient (Wildman–Crippen LogP) is 12.6. The zero-order valence-electron chi connectivity index (χ0n) is 38.4. The topological polar surface area (TPSA) is 13.1 Å². The molecule has 0 aliphatic heterocycles. The minimum absolute atomic E-state index is 0.0130. The first kappa shape index (κ1) is 14.7. The fourth-order valence-corrected chi connectivity index (χ4v) is 6.02. The molecule has 1 heterocycles. The van der Waals surface area contributed by atoms with Crippen molar-refractivity contribution < 1.29 is 25.0 Å². The van der Waals surface area contributed by atoms with Gasteiger partial charge in [0.1, 0.15) is 11.2 Å². The molecule has 0 N–H and O–H groups in total. The second kappa shape index (κ2) is 10.4. The smallest absolute Gasteiger partial charge is 0.143 e. The second-order valence-corrected chi connectivity index (χ2v) is 10.5. The van der Waals surface area contributed by atoms with E-state index < -0.39 is 89.7 Å². The van der Waals surface area contributed by atoms with Gasteiger partial charge in [0.25, 0.3) is 0 Å². The number of benzene rings is 8. The molecule has 210 valence electrons. The number of hydrogen-bond acceptors (Lipinski definition) is 1. The molecule has 0 fully saturated rings. The maximum Gasteiger partial charge on any atom is 0.143 e. The highest BCUT2D eigenvalue weighted by Crippen LogP contribution is 2.47. The molecule has 9 rings (SSSR count). The van der Waals surface area contributed by atoms with Gasteiger partial charge in [-0.2, -0.15) is 0 Å². The normalized spacial score (nSPS) is 16.2. The summed E-state index contributed by atoms with van der Waals surface area (Å²) in [6, 6.07) is 14.8. The summed E-state index contributed by atoms with van der Waals surface area (Å²) in [6.45, 7) is 0. The van der Waals surface area contributed by atoms with Gasteiger partial charge in [-0.05, 0) is 84.7 Å². The quantitative estimate of drug-likeness (QED) is 0.187. The highest BCUT2D eigenvalue weighted by Gasteiger charge is 2.20. The third kappa shape index (κ3) is 4.17.